The Morgan fingerprint density at radius 2 is 2.17 bits per heavy atom. The van der Waals surface area contributed by atoms with Crippen LogP contribution in [-0.2, 0) is 11.2 Å². The molecule has 0 amide bonds. The van der Waals surface area contributed by atoms with Crippen LogP contribution >= 0.6 is 0 Å². The molecule has 6 heteroatoms. The van der Waals surface area contributed by atoms with Gasteiger partial charge in [-0.15, -0.1) is 5.10 Å². The maximum atomic E-state index is 10.9. The number of carbonyl (C=O) groups is 1. The molecule has 1 saturated heterocycles. The van der Waals surface area contributed by atoms with Gasteiger partial charge in [-0.2, -0.15) is 4.98 Å². The molecule has 1 aliphatic heterocycles. The second-order valence-electron chi connectivity index (χ2n) is 5.28. The number of H-pyrrole nitrogens is 1. The minimum atomic E-state index is -0.690. The van der Waals surface area contributed by atoms with Gasteiger partial charge in [0.1, 0.15) is 5.82 Å². The van der Waals surface area contributed by atoms with E-state index in [1.54, 1.807) is 0 Å². The van der Waals surface area contributed by atoms with Crippen LogP contribution in [0.1, 0.15) is 32.5 Å². The van der Waals surface area contributed by atoms with Crippen LogP contribution in [0.4, 0.5) is 5.95 Å². The molecule has 1 aliphatic rings. The summed E-state index contributed by atoms with van der Waals surface area (Å²) in [5, 5.41) is 16.1. The normalized spacial score (nSPS) is 17.4. The number of carboxylic acids is 1. The zero-order valence-electron chi connectivity index (χ0n) is 10.9. The summed E-state index contributed by atoms with van der Waals surface area (Å²) in [6, 6.07) is 0. The summed E-state index contributed by atoms with van der Waals surface area (Å²) in [6.07, 6.45) is 2.23. The third-order valence-corrected chi connectivity index (χ3v) is 3.25. The molecular formula is C12H20N4O2. The number of piperidine rings is 1. The topological polar surface area (TPSA) is 82.1 Å². The summed E-state index contributed by atoms with van der Waals surface area (Å²) < 4.78 is 0. The number of aromatic nitrogens is 3. The number of nitrogens with one attached hydrogen (secondary N) is 1. The SMILES string of the molecule is CC(C)Cc1nc(N2CCC(C(=O)O)CC2)n[nH]1. The molecule has 0 spiro atoms. The monoisotopic (exact) mass is 252 g/mol. The van der Waals surface area contributed by atoms with Gasteiger partial charge in [0.2, 0.25) is 5.95 Å². The second-order valence-corrected chi connectivity index (χ2v) is 5.28. The van der Waals surface area contributed by atoms with Crippen molar-refractivity contribution in [2.75, 3.05) is 18.0 Å². The van der Waals surface area contributed by atoms with Gasteiger partial charge >= 0.3 is 5.97 Å². The molecule has 1 aromatic heterocycles. The molecule has 18 heavy (non-hydrogen) atoms. The van der Waals surface area contributed by atoms with E-state index in [9.17, 15) is 4.79 Å². The molecule has 2 N–H and O–H groups in total. The van der Waals surface area contributed by atoms with Crippen molar-refractivity contribution in [2.45, 2.75) is 33.1 Å². The van der Waals surface area contributed by atoms with Crippen LogP contribution in [0.25, 0.3) is 0 Å². The Morgan fingerprint density at radius 3 is 2.72 bits per heavy atom. The van der Waals surface area contributed by atoms with Crippen molar-refractivity contribution in [3.63, 3.8) is 0 Å². The first-order valence-electron chi connectivity index (χ1n) is 6.45. The van der Waals surface area contributed by atoms with Crippen LogP contribution in [0, 0.1) is 11.8 Å². The first-order chi connectivity index (χ1) is 8.56. The molecule has 0 aromatic carbocycles. The van der Waals surface area contributed by atoms with Gasteiger partial charge in [-0.1, -0.05) is 13.8 Å². The van der Waals surface area contributed by atoms with E-state index in [4.69, 9.17) is 5.11 Å². The molecule has 0 bridgehead atoms. The lowest BCUT2D eigenvalue weighted by atomic mass is 9.97. The zero-order valence-corrected chi connectivity index (χ0v) is 10.9. The Hall–Kier alpha value is -1.59. The fourth-order valence-electron chi connectivity index (χ4n) is 2.23. The zero-order chi connectivity index (χ0) is 13.1. The van der Waals surface area contributed by atoms with E-state index in [1.807, 2.05) is 0 Å². The third kappa shape index (κ3) is 3.00. The number of anilines is 1. The van der Waals surface area contributed by atoms with Crippen LogP contribution in [0.5, 0.6) is 0 Å². The van der Waals surface area contributed by atoms with Crippen molar-refractivity contribution in [3.05, 3.63) is 5.82 Å². The maximum absolute atomic E-state index is 10.9. The minimum absolute atomic E-state index is 0.213. The highest BCUT2D eigenvalue weighted by Crippen LogP contribution is 2.20. The lowest BCUT2D eigenvalue weighted by Gasteiger charge is -2.28. The fourth-order valence-corrected chi connectivity index (χ4v) is 2.23. The van der Waals surface area contributed by atoms with Crippen LogP contribution in [0.3, 0.4) is 0 Å². The molecule has 0 atom stereocenters. The number of aromatic amines is 1. The summed E-state index contributed by atoms with van der Waals surface area (Å²) in [7, 11) is 0. The summed E-state index contributed by atoms with van der Waals surface area (Å²) in [5.74, 6) is 1.25. The van der Waals surface area contributed by atoms with Crippen molar-refractivity contribution in [2.24, 2.45) is 11.8 Å². The first-order valence-corrected chi connectivity index (χ1v) is 6.45. The molecule has 2 rings (SSSR count). The Labute approximate surface area is 106 Å². The van der Waals surface area contributed by atoms with Crippen molar-refractivity contribution < 1.29 is 9.90 Å². The average molecular weight is 252 g/mol. The number of hydrogen-bond donors (Lipinski definition) is 2. The fraction of sp³-hybridized carbons (Fsp3) is 0.750. The highest BCUT2D eigenvalue weighted by molar-refractivity contribution is 5.70. The summed E-state index contributed by atoms with van der Waals surface area (Å²) in [4.78, 5) is 17.4. The molecule has 1 aromatic rings. The van der Waals surface area contributed by atoms with Crippen molar-refractivity contribution in [1.29, 1.82) is 0 Å². The lowest BCUT2D eigenvalue weighted by molar-refractivity contribution is -0.142. The van der Waals surface area contributed by atoms with E-state index >= 15 is 0 Å². The molecule has 0 radical (unpaired) electrons. The van der Waals surface area contributed by atoms with Gasteiger partial charge in [-0.25, -0.2) is 0 Å². The molecule has 100 valence electrons. The molecule has 6 nitrogen and oxygen atoms in total. The van der Waals surface area contributed by atoms with Gasteiger partial charge < -0.3 is 10.0 Å². The molecular weight excluding hydrogens is 232 g/mol. The van der Waals surface area contributed by atoms with Crippen molar-refractivity contribution in [1.82, 2.24) is 15.2 Å². The van der Waals surface area contributed by atoms with E-state index < -0.39 is 5.97 Å². The summed E-state index contributed by atoms with van der Waals surface area (Å²) in [5.41, 5.74) is 0. The number of hydrogen-bond acceptors (Lipinski definition) is 4. The van der Waals surface area contributed by atoms with Crippen LogP contribution in [0.15, 0.2) is 0 Å². The van der Waals surface area contributed by atoms with E-state index in [1.165, 1.54) is 0 Å². The van der Waals surface area contributed by atoms with Crippen LogP contribution < -0.4 is 4.90 Å². The smallest absolute Gasteiger partial charge is 0.306 e. The maximum Gasteiger partial charge on any atom is 0.306 e. The number of rotatable bonds is 4. The Balaban J connectivity index is 1.93. The number of carboxylic acid groups (broad SMARTS) is 1. The Morgan fingerprint density at radius 1 is 1.50 bits per heavy atom. The van der Waals surface area contributed by atoms with Gasteiger partial charge in [0.05, 0.1) is 5.92 Å². The van der Waals surface area contributed by atoms with E-state index in [0.717, 1.165) is 25.3 Å². The predicted molar refractivity (Wildman–Crippen MR) is 67.5 cm³/mol. The standard InChI is InChI=1S/C12H20N4O2/c1-8(2)7-10-13-12(15-14-10)16-5-3-9(4-6-16)11(17)18/h8-9H,3-7H2,1-2H3,(H,17,18)(H,13,14,15). The quantitative estimate of drug-likeness (QED) is 0.844. The highest BCUT2D eigenvalue weighted by atomic mass is 16.4. The Kier molecular flexibility index (Phi) is 3.84. The molecule has 1 fully saturated rings. The molecule has 0 saturated carbocycles. The second kappa shape index (κ2) is 5.37. The van der Waals surface area contributed by atoms with Gasteiger partial charge in [0.15, 0.2) is 0 Å². The molecule has 0 unspecified atom stereocenters. The van der Waals surface area contributed by atoms with Crippen molar-refractivity contribution in [3.8, 4) is 0 Å². The lowest BCUT2D eigenvalue weighted by Crippen LogP contribution is -2.36. The summed E-state index contributed by atoms with van der Waals surface area (Å²) >= 11 is 0. The van der Waals surface area contributed by atoms with Gasteiger partial charge in [-0.05, 0) is 18.8 Å². The predicted octanol–water partition coefficient (Wildman–Crippen LogP) is 1.30. The average Bonchev–Trinajstić information content (AvgIpc) is 2.76. The molecule has 2 heterocycles. The van der Waals surface area contributed by atoms with Crippen LogP contribution in [-0.4, -0.2) is 39.3 Å². The van der Waals surface area contributed by atoms with Gasteiger partial charge in [0.25, 0.3) is 0 Å². The number of aliphatic carboxylic acids is 1. The number of nitrogens with zero attached hydrogens (tertiary/aromatic N) is 3. The van der Waals surface area contributed by atoms with E-state index in [2.05, 4.69) is 33.9 Å². The van der Waals surface area contributed by atoms with E-state index in [0.29, 0.717) is 24.7 Å². The summed E-state index contributed by atoms with van der Waals surface area (Å²) in [6.45, 7) is 5.72. The van der Waals surface area contributed by atoms with Gasteiger partial charge in [-0.3, -0.25) is 9.89 Å². The first kappa shape index (κ1) is 12.9. The van der Waals surface area contributed by atoms with Gasteiger partial charge in [0, 0.05) is 19.5 Å². The van der Waals surface area contributed by atoms with E-state index in [-0.39, 0.29) is 5.92 Å². The highest BCUT2D eigenvalue weighted by Gasteiger charge is 2.26. The van der Waals surface area contributed by atoms with Crippen molar-refractivity contribution >= 4 is 11.9 Å². The minimum Gasteiger partial charge on any atom is -0.481 e. The van der Waals surface area contributed by atoms with Crippen LogP contribution in [0.2, 0.25) is 0 Å². The third-order valence-electron chi connectivity index (χ3n) is 3.25. The molecule has 0 aliphatic carbocycles. The largest absolute Gasteiger partial charge is 0.481 e. The Bertz CT molecular complexity index is 408.